The second-order valence-electron chi connectivity index (χ2n) is 7.13. The molecular formula is C22H28N2O8S. The van der Waals surface area contributed by atoms with Crippen LogP contribution in [0.25, 0.3) is 0 Å². The molecule has 2 atom stereocenters. The highest BCUT2D eigenvalue weighted by molar-refractivity contribution is 7.99. The number of nitro benzene ring substituents is 1. The number of ether oxygens (including phenoxy) is 2. The maximum Gasteiger partial charge on any atom is 0.336 e. The summed E-state index contributed by atoms with van der Waals surface area (Å²) in [6.45, 7) is 4.76. The van der Waals surface area contributed by atoms with E-state index in [0.29, 0.717) is 17.0 Å². The number of nitro groups is 1. The van der Waals surface area contributed by atoms with Gasteiger partial charge in [0, 0.05) is 35.0 Å². The molecule has 0 saturated carbocycles. The summed E-state index contributed by atoms with van der Waals surface area (Å²) >= 11 is 1.27. The van der Waals surface area contributed by atoms with Crippen LogP contribution in [-0.2, 0) is 19.1 Å². The van der Waals surface area contributed by atoms with Gasteiger partial charge in [0.05, 0.1) is 47.9 Å². The average molecular weight is 481 g/mol. The fourth-order valence-corrected chi connectivity index (χ4v) is 4.37. The Hall–Kier alpha value is -2.89. The highest BCUT2D eigenvalue weighted by Crippen LogP contribution is 2.40. The smallest absolute Gasteiger partial charge is 0.336 e. The molecule has 0 amide bonds. The number of aliphatic hydroxyl groups excluding tert-OH is 2. The van der Waals surface area contributed by atoms with Gasteiger partial charge in [-0.1, -0.05) is 12.1 Å². The minimum atomic E-state index is -0.956. The molecule has 3 N–H and O–H groups in total. The van der Waals surface area contributed by atoms with Gasteiger partial charge in [0.15, 0.2) is 0 Å². The average Bonchev–Trinajstić information content (AvgIpc) is 2.78. The first-order chi connectivity index (χ1) is 15.7. The van der Waals surface area contributed by atoms with Crippen molar-refractivity contribution in [1.82, 2.24) is 5.32 Å². The van der Waals surface area contributed by atoms with Gasteiger partial charge in [-0.25, -0.2) is 9.59 Å². The molecule has 0 radical (unpaired) electrons. The van der Waals surface area contributed by atoms with Crippen LogP contribution in [0.2, 0.25) is 0 Å². The zero-order valence-corrected chi connectivity index (χ0v) is 19.5. The van der Waals surface area contributed by atoms with Crippen molar-refractivity contribution in [2.45, 2.75) is 32.8 Å². The molecule has 10 nitrogen and oxygen atoms in total. The predicted octanol–water partition coefficient (Wildman–Crippen LogP) is 2.02. The minimum absolute atomic E-state index is 0.0884. The van der Waals surface area contributed by atoms with Crippen LogP contribution in [0.15, 0.2) is 46.8 Å². The highest BCUT2D eigenvalue weighted by Gasteiger charge is 2.39. The number of carbonyl (C=O) groups is 2. The van der Waals surface area contributed by atoms with Crippen molar-refractivity contribution in [3.63, 3.8) is 0 Å². The first kappa shape index (κ1) is 26.4. The van der Waals surface area contributed by atoms with E-state index in [4.69, 9.17) is 14.6 Å². The molecule has 1 aromatic carbocycles. The number of carbonyl (C=O) groups excluding carboxylic acids is 2. The van der Waals surface area contributed by atoms with E-state index in [-0.39, 0.29) is 41.6 Å². The van der Waals surface area contributed by atoms with E-state index in [9.17, 15) is 24.8 Å². The van der Waals surface area contributed by atoms with Crippen LogP contribution in [0, 0.1) is 10.1 Å². The molecule has 0 saturated heterocycles. The van der Waals surface area contributed by atoms with Crippen LogP contribution in [0.1, 0.15) is 32.3 Å². The van der Waals surface area contributed by atoms with Gasteiger partial charge in [0.1, 0.15) is 0 Å². The van der Waals surface area contributed by atoms with Gasteiger partial charge < -0.3 is 25.0 Å². The standard InChI is InChI=1S/C22H28N2O8S/c1-4-31-21(27)18-13(3)23-17(12-33-11-16(26)10-25)20(22(28)32-5-2)19(18)14-7-6-8-15(9-14)24(29)30/h6-9,16,19,23,25-26H,4-5,10-12H2,1-3H3. The number of non-ortho nitro benzene ring substituents is 1. The number of nitrogens with one attached hydrogen (secondary N) is 1. The molecule has 1 aromatic rings. The third-order valence-corrected chi connectivity index (χ3v) is 5.93. The fourth-order valence-electron chi connectivity index (χ4n) is 3.44. The van der Waals surface area contributed by atoms with Crippen molar-refractivity contribution >= 4 is 29.4 Å². The monoisotopic (exact) mass is 480 g/mol. The Bertz CT molecular complexity index is 959. The summed E-state index contributed by atoms with van der Waals surface area (Å²) in [5.74, 6) is -1.82. The summed E-state index contributed by atoms with van der Waals surface area (Å²) in [6.07, 6.45) is -0.926. The Labute approximate surface area is 195 Å². The maximum atomic E-state index is 13.1. The summed E-state index contributed by atoms with van der Waals surface area (Å²) in [7, 11) is 0. The number of hydrogen-bond donors (Lipinski definition) is 3. The molecule has 2 rings (SSSR count). The quantitative estimate of drug-likeness (QED) is 0.244. The number of rotatable bonds is 11. The molecular weight excluding hydrogens is 452 g/mol. The number of benzene rings is 1. The summed E-state index contributed by atoms with van der Waals surface area (Å²) < 4.78 is 10.5. The lowest BCUT2D eigenvalue weighted by atomic mass is 9.80. The lowest BCUT2D eigenvalue weighted by Crippen LogP contribution is -2.34. The van der Waals surface area contributed by atoms with Crippen LogP contribution in [0.4, 0.5) is 5.69 Å². The normalized spacial score (nSPS) is 16.8. The van der Waals surface area contributed by atoms with Gasteiger partial charge in [-0.3, -0.25) is 10.1 Å². The number of aliphatic hydroxyl groups is 2. The maximum absolute atomic E-state index is 13.1. The molecule has 0 bridgehead atoms. The molecule has 0 aromatic heterocycles. The van der Waals surface area contributed by atoms with Crippen LogP contribution in [0.5, 0.6) is 0 Å². The van der Waals surface area contributed by atoms with Crippen LogP contribution < -0.4 is 5.32 Å². The molecule has 11 heteroatoms. The summed E-state index contributed by atoms with van der Waals surface area (Å²) in [5.41, 5.74) is 1.37. The molecule has 33 heavy (non-hydrogen) atoms. The van der Waals surface area contributed by atoms with Crippen LogP contribution in [0.3, 0.4) is 0 Å². The van der Waals surface area contributed by atoms with E-state index in [2.05, 4.69) is 5.32 Å². The van der Waals surface area contributed by atoms with E-state index in [0.717, 1.165) is 0 Å². The molecule has 0 fully saturated rings. The zero-order valence-electron chi connectivity index (χ0n) is 18.7. The molecule has 2 unspecified atom stereocenters. The first-order valence-electron chi connectivity index (χ1n) is 10.4. The second kappa shape index (κ2) is 12.4. The Balaban J connectivity index is 2.66. The van der Waals surface area contributed by atoms with Crippen LogP contribution >= 0.6 is 11.8 Å². The van der Waals surface area contributed by atoms with E-state index in [1.165, 1.54) is 30.0 Å². The summed E-state index contributed by atoms with van der Waals surface area (Å²) in [4.78, 5) is 36.8. The van der Waals surface area contributed by atoms with Crippen molar-refractivity contribution in [2.75, 3.05) is 31.3 Å². The van der Waals surface area contributed by atoms with Crippen molar-refractivity contribution in [2.24, 2.45) is 0 Å². The van der Waals surface area contributed by atoms with Gasteiger partial charge in [-0.05, 0) is 26.3 Å². The van der Waals surface area contributed by atoms with E-state index >= 15 is 0 Å². The minimum Gasteiger partial charge on any atom is -0.463 e. The van der Waals surface area contributed by atoms with Crippen molar-refractivity contribution in [1.29, 1.82) is 0 Å². The molecule has 180 valence electrons. The SMILES string of the molecule is CCOC(=O)C1=C(C)NC(CSCC(O)CO)=C(C(=O)OCC)C1c1cccc([N+](=O)[O-])c1. The first-order valence-corrected chi connectivity index (χ1v) is 11.6. The number of esters is 2. The fraction of sp³-hybridized carbons (Fsp3) is 0.455. The van der Waals surface area contributed by atoms with Crippen molar-refractivity contribution in [3.05, 3.63) is 62.5 Å². The topological polar surface area (TPSA) is 148 Å². The summed E-state index contributed by atoms with van der Waals surface area (Å²) in [5, 5.41) is 33.2. The lowest BCUT2D eigenvalue weighted by molar-refractivity contribution is -0.384. The van der Waals surface area contributed by atoms with Gasteiger partial charge in [-0.2, -0.15) is 11.8 Å². The van der Waals surface area contributed by atoms with Gasteiger partial charge in [-0.15, -0.1) is 0 Å². The molecule has 1 aliphatic rings. The largest absolute Gasteiger partial charge is 0.463 e. The molecule has 0 aliphatic carbocycles. The van der Waals surface area contributed by atoms with Gasteiger partial charge >= 0.3 is 11.9 Å². The van der Waals surface area contributed by atoms with E-state index < -0.39 is 35.5 Å². The number of dihydropyridines is 1. The van der Waals surface area contributed by atoms with E-state index in [1.54, 1.807) is 26.8 Å². The number of nitrogens with zero attached hydrogens (tertiary/aromatic N) is 1. The van der Waals surface area contributed by atoms with E-state index in [1.807, 2.05) is 0 Å². The van der Waals surface area contributed by atoms with Crippen molar-refractivity contribution < 1.29 is 34.2 Å². The number of hydrogen-bond acceptors (Lipinski definition) is 10. The third kappa shape index (κ3) is 6.56. The zero-order chi connectivity index (χ0) is 24.5. The third-order valence-electron chi connectivity index (χ3n) is 4.82. The Morgan fingerprint density at radius 3 is 2.42 bits per heavy atom. The predicted molar refractivity (Wildman–Crippen MR) is 122 cm³/mol. The van der Waals surface area contributed by atoms with Crippen LogP contribution in [-0.4, -0.2) is 64.5 Å². The Morgan fingerprint density at radius 2 is 1.85 bits per heavy atom. The Kier molecular flexibility index (Phi) is 9.89. The number of thioether (sulfide) groups is 1. The molecule has 1 heterocycles. The van der Waals surface area contributed by atoms with Crippen molar-refractivity contribution in [3.8, 4) is 0 Å². The lowest BCUT2D eigenvalue weighted by Gasteiger charge is -2.31. The number of allylic oxidation sites excluding steroid dienone is 1. The van der Waals surface area contributed by atoms with Gasteiger partial charge in [0.25, 0.3) is 5.69 Å². The Morgan fingerprint density at radius 1 is 1.21 bits per heavy atom. The highest BCUT2D eigenvalue weighted by atomic mass is 32.2. The van der Waals surface area contributed by atoms with Gasteiger partial charge in [0.2, 0.25) is 0 Å². The summed E-state index contributed by atoms with van der Waals surface area (Å²) in [6, 6.07) is 5.74. The molecule has 0 spiro atoms. The molecule has 1 aliphatic heterocycles. The second-order valence-corrected chi connectivity index (χ2v) is 8.16.